The second-order valence-corrected chi connectivity index (χ2v) is 14.5. The lowest BCUT2D eigenvalue weighted by molar-refractivity contribution is -0.143. The van der Waals surface area contributed by atoms with Gasteiger partial charge in [0.1, 0.15) is 23.1 Å². The van der Waals surface area contributed by atoms with Gasteiger partial charge >= 0.3 is 12.4 Å². The van der Waals surface area contributed by atoms with Crippen LogP contribution in [-0.2, 0) is 31.5 Å². The maximum atomic E-state index is 14.6. The number of phenolic OH excluding ortho intramolecular Hbond substituents is 1. The van der Waals surface area contributed by atoms with Crippen molar-refractivity contribution in [2.24, 2.45) is 17.8 Å². The first-order valence-electron chi connectivity index (χ1n) is 16.0. The van der Waals surface area contributed by atoms with E-state index in [1.165, 1.54) is 20.3 Å². The third-order valence-corrected chi connectivity index (χ3v) is 12.0. The van der Waals surface area contributed by atoms with Gasteiger partial charge in [-0.05, 0) is 61.2 Å². The molecule has 0 aromatic heterocycles. The summed E-state index contributed by atoms with van der Waals surface area (Å²) in [6.45, 7) is 0. The van der Waals surface area contributed by atoms with Gasteiger partial charge in [0, 0.05) is 23.6 Å². The van der Waals surface area contributed by atoms with E-state index in [1.54, 1.807) is 0 Å². The first kappa shape index (κ1) is 37.5. The fourth-order valence-corrected chi connectivity index (χ4v) is 9.17. The highest BCUT2D eigenvalue weighted by molar-refractivity contribution is 6.58. The average molecular weight is 801 g/mol. The summed E-state index contributed by atoms with van der Waals surface area (Å²) < 4.78 is 108. The molecule has 54 heavy (non-hydrogen) atoms. The van der Waals surface area contributed by atoms with Gasteiger partial charge in [0.05, 0.1) is 48.6 Å². The fourth-order valence-electron chi connectivity index (χ4n) is 8.25. The lowest BCUT2D eigenvalue weighted by Gasteiger charge is -2.51. The first-order valence-corrected chi connectivity index (χ1v) is 16.8. The summed E-state index contributed by atoms with van der Waals surface area (Å²) in [6.07, 6.45) is -10.0. The van der Waals surface area contributed by atoms with Gasteiger partial charge in [-0.2, -0.15) is 26.3 Å². The Labute approximate surface area is 310 Å². The number of amides is 4. The molecule has 0 spiro atoms. The average Bonchev–Trinajstić information content (AvgIpc) is 3.45. The monoisotopic (exact) mass is 800 g/mol. The Kier molecular flexibility index (Phi) is 8.57. The largest absolute Gasteiger partial charge is 0.508 e. The molecule has 284 valence electrons. The first-order chi connectivity index (χ1) is 25.2. The van der Waals surface area contributed by atoms with Crippen LogP contribution in [0.5, 0.6) is 17.2 Å². The lowest BCUT2D eigenvalue weighted by atomic mass is 9.56. The van der Waals surface area contributed by atoms with E-state index in [0.717, 1.165) is 36.4 Å². The van der Waals surface area contributed by atoms with Crippen LogP contribution in [0.25, 0.3) is 0 Å². The fraction of sp³-hybridized carbons (Fsp3) is 0.333. The van der Waals surface area contributed by atoms with Crippen molar-refractivity contribution in [3.8, 4) is 17.2 Å². The Bertz CT molecular complexity index is 2120. The molecule has 2 aliphatic carbocycles. The summed E-state index contributed by atoms with van der Waals surface area (Å²) in [5.74, 6) is -11.4. The van der Waals surface area contributed by atoms with Crippen LogP contribution in [-0.4, -0.2) is 52.7 Å². The van der Waals surface area contributed by atoms with Crippen LogP contribution < -0.4 is 19.3 Å². The maximum Gasteiger partial charge on any atom is 0.416 e. The van der Waals surface area contributed by atoms with E-state index < -0.39 is 98.5 Å². The summed E-state index contributed by atoms with van der Waals surface area (Å²) in [6, 6.07) is 6.90. The van der Waals surface area contributed by atoms with Crippen LogP contribution in [0.2, 0.25) is 0 Å². The van der Waals surface area contributed by atoms with Gasteiger partial charge in [-0.15, -0.1) is 23.2 Å². The van der Waals surface area contributed by atoms with Gasteiger partial charge in [0.2, 0.25) is 11.8 Å². The maximum absolute atomic E-state index is 14.6. The standard InChI is InChI=1S/C36H25Cl2F7N2O7/c1-53-24-12-20(48)13-25(54-2)27(24)28-21-7-8-22-26(30(50)46(29(22)49)19-10-15(35(40,41)42)9-16(11-19)36(43,44)45)23(21)14-33(37)31(51)47(32(52)34(28,33)38)18-5-3-17(39)4-6-18/h3-7,9-13,22-23,26,28,48H,8,14H2,1-2H3/t22-,23+,26-,28+,33+,34-/m0/s1. The molecule has 0 bridgehead atoms. The zero-order chi connectivity index (χ0) is 39.4. The van der Waals surface area contributed by atoms with Crippen LogP contribution in [0.3, 0.4) is 0 Å². The Hall–Kier alpha value is -4.83. The molecule has 1 saturated carbocycles. The molecule has 6 atom stereocenters. The number of anilines is 2. The molecule has 7 rings (SSSR count). The minimum atomic E-state index is -5.29. The number of rotatable bonds is 5. The number of methoxy groups -OCH3 is 2. The highest BCUT2D eigenvalue weighted by atomic mass is 35.5. The molecule has 0 radical (unpaired) electrons. The second kappa shape index (κ2) is 12.3. The molecule has 3 aromatic rings. The van der Waals surface area contributed by atoms with Gasteiger partial charge in [0.25, 0.3) is 11.8 Å². The van der Waals surface area contributed by atoms with Gasteiger partial charge in [0.15, 0.2) is 9.75 Å². The number of phenols is 1. The normalized spacial score (nSPS) is 28.2. The van der Waals surface area contributed by atoms with Crippen LogP contribution in [0, 0.1) is 23.6 Å². The molecule has 3 fully saturated rings. The van der Waals surface area contributed by atoms with E-state index >= 15 is 0 Å². The van der Waals surface area contributed by atoms with Crippen molar-refractivity contribution in [1.29, 1.82) is 0 Å². The summed E-state index contributed by atoms with van der Waals surface area (Å²) in [5.41, 5.74) is -4.46. The van der Waals surface area contributed by atoms with E-state index in [2.05, 4.69) is 0 Å². The van der Waals surface area contributed by atoms with Gasteiger partial charge in [-0.1, -0.05) is 11.6 Å². The summed E-state index contributed by atoms with van der Waals surface area (Å²) >= 11 is 14.7. The quantitative estimate of drug-likeness (QED) is 0.124. The zero-order valence-corrected chi connectivity index (χ0v) is 29.2. The number of allylic oxidation sites excluding steroid dienone is 2. The predicted octanol–water partition coefficient (Wildman–Crippen LogP) is 7.35. The number of carbonyl (C=O) groups is 4. The van der Waals surface area contributed by atoms with Gasteiger partial charge in [-0.3, -0.25) is 19.2 Å². The molecular formula is C36H25Cl2F7N2O7. The SMILES string of the molecule is COc1cc(O)cc(OC)c1[C@H]1C2=CC[C@@H]3C(=O)N(c4cc(C(F)(F)F)cc(C(F)(F)F)c4)C(=O)[C@@H]3[C@@H]2C[C@@]2(Cl)C(=O)N(c3ccc(F)cc3)C(=O)[C@@]12Cl. The van der Waals surface area contributed by atoms with E-state index in [-0.39, 0.29) is 63.6 Å². The number of ether oxygens (including phenoxy) is 2. The zero-order valence-electron chi connectivity index (χ0n) is 27.7. The minimum absolute atomic E-state index is 0.0179. The molecule has 4 aliphatic rings. The highest BCUT2D eigenvalue weighted by Crippen LogP contribution is 2.67. The van der Waals surface area contributed by atoms with E-state index in [9.17, 15) is 55.0 Å². The molecule has 2 heterocycles. The van der Waals surface area contributed by atoms with Crippen molar-refractivity contribution in [3.05, 3.63) is 88.8 Å². The van der Waals surface area contributed by atoms with Crippen LogP contribution in [0.1, 0.15) is 35.4 Å². The number of carbonyl (C=O) groups excluding carboxylic acids is 4. The molecular weight excluding hydrogens is 776 g/mol. The van der Waals surface area contributed by atoms with Gasteiger partial charge < -0.3 is 14.6 Å². The van der Waals surface area contributed by atoms with E-state index in [1.807, 2.05) is 0 Å². The summed E-state index contributed by atoms with van der Waals surface area (Å²) in [4.78, 5) is 53.3. The van der Waals surface area contributed by atoms with Crippen LogP contribution >= 0.6 is 23.2 Å². The number of benzene rings is 3. The number of alkyl halides is 8. The molecule has 2 aliphatic heterocycles. The van der Waals surface area contributed by atoms with E-state index in [0.29, 0.717) is 4.90 Å². The molecule has 1 N–H and O–H groups in total. The number of fused-ring (bicyclic) bond motifs is 4. The Morgan fingerprint density at radius 2 is 1.31 bits per heavy atom. The highest BCUT2D eigenvalue weighted by Gasteiger charge is 2.77. The molecule has 2 saturated heterocycles. The van der Waals surface area contributed by atoms with Crippen LogP contribution in [0.4, 0.5) is 42.1 Å². The molecule has 9 nitrogen and oxygen atoms in total. The third-order valence-electron chi connectivity index (χ3n) is 10.5. The van der Waals surface area contributed by atoms with Crippen LogP contribution in [0.15, 0.2) is 66.2 Å². The topological polar surface area (TPSA) is 113 Å². The van der Waals surface area contributed by atoms with Crippen molar-refractivity contribution < 1.29 is 64.5 Å². The number of halogens is 9. The molecule has 18 heteroatoms. The molecule has 3 aromatic carbocycles. The van der Waals surface area contributed by atoms with Crippen molar-refractivity contribution in [1.82, 2.24) is 0 Å². The number of nitrogens with zero attached hydrogens (tertiary/aromatic N) is 2. The van der Waals surface area contributed by atoms with Gasteiger partial charge in [-0.25, -0.2) is 14.2 Å². The number of hydrogen-bond donors (Lipinski definition) is 1. The Balaban J connectivity index is 1.43. The second-order valence-electron chi connectivity index (χ2n) is 13.3. The van der Waals surface area contributed by atoms with Crippen molar-refractivity contribution in [2.75, 3.05) is 24.0 Å². The minimum Gasteiger partial charge on any atom is -0.508 e. The number of imide groups is 2. The molecule has 4 amide bonds. The lowest BCUT2D eigenvalue weighted by Crippen LogP contribution is -2.60. The van der Waals surface area contributed by atoms with Crippen molar-refractivity contribution in [3.63, 3.8) is 0 Å². The Morgan fingerprint density at radius 3 is 1.83 bits per heavy atom. The Morgan fingerprint density at radius 1 is 0.759 bits per heavy atom. The van der Waals surface area contributed by atoms with E-state index in [4.69, 9.17) is 32.7 Å². The third kappa shape index (κ3) is 5.27. The van der Waals surface area contributed by atoms with Crippen molar-refractivity contribution in [2.45, 2.75) is 40.9 Å². The summed E-state index contributed by atoms with van der Waals surface area (Å²) in [7, 11) is 2.43. The molecule has 0 unspecified atom stereocenters. The number of aromatic hydroxyl groups is 1. The van der Waals surface area contributed by atoms with Crippen molar-refractivity contribution >= 4 is 58.2 Å². The predicted molar refractivity (Wildman–Crippen MR) is 177 cm³/mol. The number of hydrogen-bond acceptors (Lipinski definition) is 7. The summed E-state index contributed by atoms with van der Waals surface area (Å²) in [5, 5.41) is 10.5. The smallest absolute Gasteiger partial charge is 0.416 e.